The van der Waals surface area contributed by atoms with E-state index in [0.29, 0.717) is 5.60 Å². The van der Waals surface area contributed by atoms with Crippen LogP contribution in [0.4, 0.5) is 0 Å². The molecule has 0 saturated heterocycles. The van der Waals surface area contributed by atoms with Gasteiger partial charge in [-0.1, -0.05) is 6.58 Å². The Labute approximate surface area is 50.8 Å². The summed E-state index contributed by atoms with van der Waals surface area (Å²) >= 11 is 0. The van der Waals surface area contributed by atoms with Gasteiger partial charge in [0.05, 0.1) is 0 Å². The first kappa shape index (κ1) is 7.43. The van der Waals surface area contributed by atoms with Gasteiger partial charge in [-0.05, 0) is 13.8 Å². The van der Waals surface area contributed by atoms with Crippen LogP contribution in [0.2, 0.25) is 0 Å². The summed E-state index contributed by atoms with van der Waals surface area (Å²) in [5.41, 5.74) is 6.67. The quantitative estimate of drug-likeness (QED) is 0.407. The standard InChI is InChI=1S/C5H10BN2/c1-4(2)8-5(3)6-7/h3,7H2,1-2H3. The van der Waals surface area contributed by atoms with Crippen LogP contribution in [0.25, 0.3) is 0 Å². The molecule has 0 fully saturated rings. The molecule has 0 aliphatic rings. The summed E-state index contributed by atoms with van der Waals surface area (Å²) in [7, 11) is 1.38. The smallest absolute Gasteiger partial charge is 0.266 e. The molecule has 0 aromatic rings. The van der Waals surface area contributed by atoms with Crippen molar-refractivity contribution in [2.45, 2.75) is 13.8 Å². The van der Waals surface area contributed by atoms with Crippen molar-refractivity contribution in [1.82, 2.24) is 0 Å². The highest BCUT2D eigenvalue weighted by molar-refractivity contribution is 6.41. The van der Waals surface area contributed by atoms with Crippen LogP contribution >= 0.6 is 0 Å². The predicted molar refractivity (Wildman–Crippen MR) is 37.9 cm³/mol. The second-order valence-electron chi connectivity index (χ2n) is 1.72. The lowest BCUT2D eigenvalue weighted by Crippen LogP contribution is -2.06. The number of hydrogen-bond acceptors (Lipinski definition) is 2. The summed E-state index contributed by atoms with van der Waals surface area (Å²) in [5.74, 6) is 0. The van der Waals surface area contributed by atoms with Gasteiger partial charge < -0.3 is 5.64 Å². The summed E-state index contributed by atoms with van der Waals surface area (Å²) < 4.78 is 0. The van der Waals surface area contributed by atoms with Gasteiger partial charge in [0.2, 0.25) is 0 Å². The molecule has 0 saturated carbocycles. The lowest BCUT2D eigenvalue weighted by molar-refractivity contribution is 1.45. The normalized spacial score (nSPS) is 7.88. The summed E-state index contributed by atoms with van der Waals surface area (Å²) in [6.45, 7) is 7.34. The van der Waals surface area contributed by atoms with Crippen LogP contribution in [0, 0.1) is 0 Å². The van der Waals surface area contributed by atoms with Crippen LogP contribution in [-0.4, -0.2) is 13.1 Å². The summed E-state index contributed by atoms with van der Waals surface area (Å²) in [6.07, 6.45) is 0. The Morgan fingerprint density at radius 2 is 2.12 bits per heavy atom. The average Bonchev–Trinajstić information content (AvgIpc) is 1.65. The zero-order chi connectivity index (χ0) is 6.57. The monoisotopic (exact) mass is 109 g/mol. The highest BCUT2D eigenvalue weighted by Gasteiger charge is 1.85. The second kappa shape index (κ2) is 3.44. The van der Waals surface area contributed by atoms with E-state index in [-0.39, 0.29) is 0 Å². The highest BCUT2D eigenvalue weighted by Crippen LogP contribution is 1.86. The highest BCUT2D eigenvalue weighted by atomic mass is 14.7. The molecule has 0 aliphatic carbocycles. The first-order valence-electron chi connectivity index (χ1n) is 2.42. The molecule has 2 nitrogen and oxygen atoms in total. The SMILES string of the molecule is C=C([B]N)N=C(C)C. The maximum absolute atomic E-state index is 5.09. The zero-order valence-electron chi connectivity index (χ0n) is 5.31. The fraction of sp³-hybridized carbons (Fsp3) is 0.400. The van der Waals surface area contributed by atoms with Crippen LogP contribution in [0.15, 0.2) is 17.2 Å². The van der Waals surface area contributed by atoms with E-state index >= 15 is 0 Å². The van der Waals surface area contributed by atoms with E-state index in [9.17, 15) is 0 Å². The molecule has 0 atom stereocenters. The van der Waals surface area contributed by atoms with Crippen molar-refractivity contribution in [3.05, 3.63) is 12.2 Å². The van der Waals surface area contributed by atoms with Crippen molar-refractivity contribution < 1.29 is 0 Å². The van der Waals surface area contributed by atoms with Crippen molar-refractivity contribution >= 4 is 13.1 Å². The van der Waals surface area contributed by atoms with E-state index < -0.39 is 0 Å². The average molecular weight is 109 g/mol. The van der Waals surface area contributed by atoms with Gasteiger partial charge in [-0.15, -0.1) is 0 Å². The van der Waals surface area contributed by atoms with Crippen LogP contribution in [-0.2, 0) is 0 Å². The van der Waals surface area contributed by atoms with Gasteiger partial charge in [0.1, 0.15) is 0 Å². The van der Waals surface area contributed by atoms with E-state index in [0.717, 1.165) is 5.71 Å². The Balaban J connectivity index is 3.70. The predicted octanol–water partition coefficient (Wildman–Crippen LogP) is 0.516. The Morgan fingerprint density at radius 3 is 2.25 bits per heavy atom. The van der Waals surface area contributed by atoms with Crippen molar-refractivity contribution in [3.8, 4) is 0 Å². The van der Waals surface area contributed by atoms with Gasteiger partial charge in [-0.2, -0.15) is 0 Å². The van der Waals surface area contributed by atoms with Gasteiger partial charge in [0.15, 0.2) is 0 Å². The zero-order valence-corrected chi connectivity index (χ0v) is 5.31. The van der Waals surface area contributed by atoms with Crippen molar-refractivity contribution in [1.29, 1.82) is 0 Å². The third kappa shape index (κ3) is 3.62. The first-order chi connectivity index (χ1) is 3.66. The van der Waals surface area contributed by atoms with Gasteiger partial charge in [0.25, 0.3) is 7.41 Å². The molecular formula is C5H10BN2. The molecule has 0 aromatic carbocycles. The molecule has 3 heteroatoms. The lowest BCUT2D eigenvalue weighted by atomic mass is 9.93. The molecule has 0 aliphatic heterocycles. The molecule has 0 unspecified atom stereocenters. The number of aliphatic imine (C=N–C) groups is 1. The van der Waals surface area contributed by atoms with Crippen LogP contribution in [0.3, 0.4) is 0 Å². The minimum atomic E-state index is 0.616. The van der Waals surface area contributed by atoms with Crippen LogP contribution in [0.1, 0.15) is 13.8 Å². The Bertz CT molecular complexity index is 114. The van der Waals surface area contributed by atoms with Gasteiger partial charge >= 0.3 is 0 Å². The van der Waals surface area contributed by atoms with E-state index in [4.69, 9.17) is 5.64 Å². The van der Waals surface area contributed by atoms with Crippen molar-refractivity contribution in [2.75, 3.05) is 0 Å². The molecule has 0 bridgehead atoms. The summed E-state index contributed by atoms with van der Waals surface area (Å²) in [5, 5.41) is 0. The van der Waals surface area contributed by atoms with Gasteiger partial charge in [-0.25, -0.2) is 0 Å². The van der Waals surface area contributed by atoms with Crippen LogP contribution in [0.5, 0.6) is 0 Å². The third-order valence-corrected chi connectivity index (χ3v) is 0.560. The fourth-order valence-corrected chi connectivity index (χ4v) is 0.324. The van der Waals surface area contributed by atoms with E-state index in [1.54, 1.807) is 0 Å². The largest absolute Gasteiger partial charge is 0.369 e. The second-order valence-corrected chi connectivity index (χ2v) is 1.72. The number of rotatable bonds is 2. The lowest BCUT2D eigenvalue weighted by Gasteiger charge is -1.90. The van der Waals surface area contributed by atoms with E-state index in [1.807, 2.05) is 13.8 Å². The number of hydrogen-bond donors (Lipinski definition) is 1. The summed E-state index contributed by atoms with van der Waals surface area (Å²) in [6, 6.07) is 0. The molecule has 1 radical (unpaired) electrons. The molecule has 0 spiro atoms. The van der Waals surface area contributed by atoms with Crippen LogP contribution < -0.4 is 5.64 Å². The minimum absolute atomic E-state index is 0.616. The third-order valence-electron chi connectivity index (χ3n) is 0.560. The molecule has 0 aromatic heterocycles. The first-order valence-corrected chi connectivity index (χ1v) is 2.42. The van der Waals surface area contributed by atoms with E-state index in [2.05, 4.69) is 11.6 Å². The van der Waals surface area contributed by atoms with Gasteiger partial charge in [-0.3, -0.25) is 4.99 Å². The molecule has 0 heterocycles. The summed E-state index contributed by atoms with van der Waals surface area (Å²) in [4.78, 5) is 3.94. The molecule has 2 N–H and O–H groups in total. The Morgan fingerprint density at radius 1 is 1.62 bits per heavy atom. The minimum Gasteiger partial charge on any atom is -0.369 e. The van der Waals surface area contributed by atoms with E-state index in [1.165, 1.54) is 7.41 Å². The number of nitrogens with two attached hydrogens (primary N) is 1. The van der Waals surface area contributed by atoms with Gasteiger partial charge in [0, 0.05) is 11.3 Å². The maximum atomic E-state index is 5.09. The van der Waals surface area contributed by atoms with Crippen molar-refractivity contribution in [3.63, 3.8) is 0 Å². The Kier molecular flexibility index (Phi) is 3.20. The maximum Gasteiger partial charge on any atom is 0.266 e. The molecule has 8 heavy (non-hydrogen) atoms. The molecular weight excluding hydrogens is 98.9 g/mol. The fourth-order valence-electron chi connectivity index (χ4n) is 0.324. The molecule has 43 valence electrons. The van der Waals surface area contributed by atoms with Crippen molar-refractivity contribution in [2.24, 2.45) is 10.6 Å². The Hall–Kier alpha value is -0.565. The molecule has 0 rings (SSSR count). The topological polar surface area (TPSA) is 38.4 Å². The number of nitrogens with zero attached hydrogens (tertiary/aromatic N) is 1. The molecule has 0 amide bonds.